The van der Waals surface area contributed by atoms with Crippen molar-refractivity contribution in [1.29, 1.82) is 0 Å². The predicted molar refractivity (Wildman–Crippen MR) is 60.2 cm³/mol. The minimum absolute atomic E-state index is 0.0000350. The largest absolute Gasteiger partial charge is 0.381 e. The molecule has 1 aliphatic heterocycles. The molecule has 0 radical (unpaired) electrons. The predicted octanol–water partition coefficient (Wildman–Crippen LogP) is 0.896. The summed E-state index contributed by atoms with van der Waals surface area (Å²) in [7, 11) is 0. The Hall–Kier alpha value is -1.66. The van der Waals surface area contributed by atoms with E-state index in [0.29, 0.717) is 24.9 Å². The van der Waals surface area contributed by atoms with Crippen molar-refractivity contribution in [3.05, 3.63) is 24.2 Å². The molecule has 3 N–H and O–H groups in total. The molecule has 1 aliphatic rings. The van der Waals surface area contributed by atoms with Gasteiger partial charge in [-0.1, -0.05) is 5.16 Å². The summed E-state index contributed by atoms with van der Waals surface area (Å²) in [5.41, 5.74) is 6.86. The Kier molecular flexibility index (Phi) is 2.66. The highest BCUT2D eigenvalue weighted by atomic mass is 16.5. The van der Waals surface area contributed by atoms with Crippen LogP contribution in [-0.4, -0.2) is 34.4 Å². The van der Waals surface area contributed by atoms with Crippen LogP contribution in [0.2, 0.25) is 0 Å². The number of H-pyrrole nitrogens is 1. The normalized spacial score (nSPS) is 25.0. The van der Waals surface area contributed by atoms with Crippen LogP contribution in [0.5, 0.6) is 0 Å². The Morgan fingerprint density at radius 3 is 3.18 bits per heavy atom. The van der Waals surface area contributed by atoms with Gasteiger partial charge in [-0.3, -0.25) is 0 Å². The van der Waals surface area contributed by atoms with E-state index in [2.05, 4.69) is 15.1 Å². The number of nitrogens with one attached hydrogen (secondary N) is 1. The standard InChI is InChI=1S/C11H14N4O2/c12-8-3-5-16-6-7(8)11-14-10(15-17-11)9-2-1-4-13-9/h1-2,4,7-8,13H,3,5-6,12H2. The first kappa shape index (κ1) is 10.5. The fraction of sp³-hybridized carbons (Fsp3) is 0.455. The van der Waals surface area contributed by atoms with Crippen molar-refractivity contribution in [2.75, 3.05) is 13.2 Å². The quantitative estimate of drug-likeness (QED) is 0.805. The topological polar surface area (TPSA) is 90.0 Å². The fourth-order valence-electron chi connectivity index (χ4n) is 1.97. The van der Waals surface area contributed by atoms with Crippen LogP contribution in [0.15, 0.2) is 22.9 Å². The minimum atomic E-state index is -0.0000350. The first-order chi connectivity index (χ1) is 8.34. The fourth-order valence-corrected chi connectivity index (χ4v) is 1.97. The van der Waals surface area contributed by atoms with Gasteiger partial charge in [0.15, 0.2) is 0 Å². The highest BCUT2D eigenvalue weighted by Crippen LogP contribution is 2.25. The van der Waals surface area contributed by atoms with E-state index >= 15 is 0 Å². The first-order valence-corrected chi connectivity index (χ1v) is 5.65. The Bertz CT molecular complexity index is 479. The van der Waals surface area contributed by atoms with Crippen LogP contribution < -0.4 is 5.73 Å². The lowest BCUT2D eigenvalue weighted by Gasteiger charge is -2.25. The van der Waals surface area contributed by atoms with Crippen molar-refractivity contribution in [2.24, 2.45) is 5.73 Å². The van der Waals surface area contributed by atoms with Crippen molar-refractivity contribution in [3.8, 4) is 11.5 Å². The third-order valence-electron chi connectivity index (χ3n) is 3.01. The van der Waals surface area contributed by atoms with Crippen molar-refractivity contribution < 1.29 is 9.26 Å². The molecule has 3 heterocycles. The second kappa shape index (κ2) is 4.31. The SMILES string of the molecule is NC1CCOCC1c1nc(-c2ccc[nH]2)no1. The van der Waals surface area contributed by atoms with E-state index in [1.165, 1.54) is 0 Å². The molecule has 90 valence electrons. The summed E-state index contributed by atoms with van der Waals surface area (Å²) in [5.74, 6) is 1.12. The van der Waals surface area contributed by atoms with Gasteiger partial charge >= 0.3 is 0 Å². The van der Waals surface area contributed by atoms with Crippen LogP contribution >= 0.6 is 0 Å². The van der Waals surface area contributed by atoms with Gasteiger partial charge in [0, 0.05) is 18.8 Å². The Labute approximate surface area is 98.2 Å². The summed E-state index contributed by atoms with van der Waals surface area (Å²) in [4.78, 5) is 7.39. The van der Waals surface area contributed by atoms with E-state index < -0.39 is 0 Å². The summed E-state index contributed by atoms with van der Waals surface area (Å²) < 4.78 is 10.6. The number of hydrogen-bond donors (Lipinski definition) is 2. The number of nitrogens with zero attached hydrogens (tertiary/aromatic N) is 2. The summed E-state index contributed by atoms with van der Waals surface area (Å²) in [5, 5.41) is 3.94. The zero-order valence-corrected chi connectivity index (χ0v) is 9.30. The number of aromatic nitrogens is 3. The van der Waals surface area contributed by atoms with E-state index in [1.54, 1.807) is 0 Å². The van der Waals surface area contributed by atoms with Crippen molar-refractivity contribution in [1.82, 2.24) is 15.1 Å². The van der Waals surface area contributed by atoms with Crippen LogP contribution in [0.1, 0.15) is 18.2 Å². The number of aromatic amines is 1. The maximum absolute atomic E-state index is 6.02. The lowest BCUT2D eigenvalue weighted by molar-refractivity contribution is 0.0590. The molecule has 1 saturated heterocycles. The van der Waals surface area contributed by atoms with E-state index in [0.717, 1.165) is 12.1 Å². The van der Waals surface area contributed by atoms with Crippen LogP contribution in [0.4, 0.5) is 0 Å². The monoisotopic (exact) mass is 234 g/mol. The van der Waals surface area contributed by atoms with E-state index in [-0.39, 0.29) is 12.0 Å². The van der Waals surface area contributed by atoms with Gasteiger partial charge in [0.25, 0.3) is 0 Å². The lowest BCUT2D eigenvalue weighted by Crippen LogP contribution is -2.37. The maximum atomic E-state index is 6.02. The highest BCUT2D eigenvalue weighted by molar-refractivity contribution is 5.47. The molecule has 3 rings (SSSR count). The second-order valence-electron chi connectivity index (χ2n) is 4.17. The highest BCUT2D eigenvalue weighted by Gasteiger charge is 2.29. The van der Waals surface area contributed by atoms with Gasteiger partial charge in [-0.2, -0.15) is 4.98 Å². The molecule has 6 heteroatoms. The molecule has 1 fully saturated rings. The van der Waals surface area contributed by atoms with Crippen LogP contribution in [0.25, 0.3) is 11.5 Å². The molecule has 0 aliphatic carbocycles. The molecule has 0 amide bonds. The zero-order chi connectivity index (χ0) is 11.7. The smallest absolute Gasteiger partial charge is 0.234 e. The van der Waals surface area contributed by atoms with Gasteiger partial charge < -0.3 is 20.0 Å². The molecule has 0 saturated carbocycles. The molecule has 0 bridgehead atoms. The number of ether oxygens (including phenoxy) is 1. The van der Waals surface area contributed by atoms with Gasteiger partial charge in [-0.15, -0.1) is 0 Å². The van der Waals surface area contributed by atoms with Crippen LogP contribution in [0, 0.1) is 0 Å². The lowest BCUT2D eigenvalue weighted by atomic mass is 9.97. The Morgan fingerprint density at radius 2 is 2.41 bits per heavy atom. The van der Waals surface area contributed by atoms with Crippen molar-refractivity contribution in [3.63, 3.8) is 0 Å². The molecule has 2 unspecified atom stereocenters. The Balaban J connectivity index is 1.84. The van der Waals surface area contributed by atoms with Gasteiger partial charge in [0.05, 0.1) is 18.2 Å². The van der Waals surface area contributed by atoms with Gasteiger partial charge in [0.1, 0.15) is 0 Å². The van der Waals surface area contributed by atoms with Gasteiger partial charge in [-0.25, -0.2) is 0 Å². The molecule has 2 aromatic rings. The third-order valence-corrected chi connectivity index (χ3v) is 3.01. The summed E-state index contributed by atoms with van der Waals surface area (Å²) >= 11 is 0. The number of hydrogen-bond acceptors (Lipinski definition) is 5. The van der Waals surface area contributed by atoms with Crippen LogP contribution in [-0.2, 0) is 4.74 Å². The number of rotatable bonds is 2. The second-order valence-corrected chi connectivity index (χ2v) is 4.17. The molecule has 17 heavy (non-hydrogen) atoms. The molecule has 2 aromatic heterocycles. The maximum Gasteiger partial charge on any atom is 0.234 e. The van der Waals surface area contributed by atoms with E-state index in [4.69, 9.17) is 15.0 Å². The summed E-state index contributed by atoms with van der Waals surface area (Å²) in [6.07, 6.45) is 2.64. The average molecular weight is 234 g/mol. The molecular formula is C11H14N4O2. The average Bonchev–Trinajstić information content (AvgIpc) is 3.00. The first-order valence-electron chi connectivity index (χ1n) is 5.65. The van der Waals surface area contributed by atoms with Gasteiger partial charge in [0.2, 0.25) is 11.7 Å². The molecule has 6 nitrogen and oxygen atoms in total. The molecule has 0 aromatic carbocycles. The zero-order valence-electron chi connectivity index (χ0n) is 9.30. The van der Waals surface area contributed by atoms with Crippen molar-refractivity contribution >= 4 is 0 Å². The Morgan fingerprint density at radius 1 is 1.47 bits per heavy atom. The molecule has 0 spiro atoms. The van der Waals surface area contributed by atoms with Crippen molar-refractivity contribution in [2.45, 2.75) is 18.4 Å². The van der Waals surface area contributed by atoms with Gasteiger partial charge in [-0.05, 0) is 18.6 Å². The van der Waals surface area contributed by atoms with Crippen LogP contribution in [0.3, 0.4) is 0 Å². The minimum Gasteiger partial charge on any atom is -0.381 e. The summed E-state index contributed by atoms with van der Waals surface area (Å²) in [6.45, 7) is 1.25. The number of nitrogens with two attached hydrogens (primary N) is 1. The third kappa shape index (κ3) is 1.96. The molecular weight excluding hydrogens is 220 g/mol. The van der Waals surface area contributed by atoms with E-state index in [9.17, 15) is 0 Å². The summed E-state index contributed by atoms with van der Waals surface area (Å²) in [6, 6.07) is 3.81. The molecule has 2 atom stereocenters. The van der Waals surface area contributed by atoms with E-state index in [1.807, 2.05) is 18.3 Å².